The van der Waals surface area contributed by atoms with E-state index < -0.39 is 0 Å². The van der Waals surface area contributed by atoms with Crippen LogP contribution >= 0.6 is 0 Å². The molecule has 2 aliphatic rings. The molecule has 4 rings (SSSR count). The first-order chi connectivity index (χ1) is 15.1. The fraction of sp³-hybridized carbons (Fsp3) is 0.455. The van der Waals surface area contributed by atoms with Crippen molar-refractivity contribution >= 4 is 24.0 Å². The number of carbonyl (C=O) groups is 2. The Bertz CT molecular complexity index is 899. The fourth-order valence-electron chi connectivity index (χ4n) is 4.06. The van der Waals surface area contributed by atoms with E-state index in [-0.39, 0.29) is 18.5 Å². The number of methoxy groups -OCH3 is 1. The smallest absolute Gasteiger partial charge is 0.322 e. The third-order valence-electron chi connectivity index (χ3n) is 5.74. The molecule has 166 valence electrons. The Hall–Kier alpha value is -3.36. The van der Waals surface area contributed by atoms with Crippen LogP contribution in [-0.4, -0.2) is 65.3 Å². The minimum Gasteiger partial charge on any atom is -0.497 e. The van der Waals surface area contributed by atoms with Crippen LogP contribution < -0.4 is 15.0 Å². The third-order valence-corrected chi connectivity index (χ3v) is 5.74. The number of aromatic nitrogens is 2. The number of piperidine rings is 1. The van der Waals surface area contributed by atoms with Crippen LogP contribution in [-0.2, 0) is 17.6 Å². The van der Waals surface area contributed by atoms with Gasteiger partial charge in [0.1, 0.15) is 17.9 Å². The van der Waals surface area contributed by atoms with E-state index in [1.807, 2.05) is 23.1 Å². The minimum atomic E-state index is -0.250. The summed E-state index contributed by atoms with van der Waals surface area (Å²) in [5, 5.41) is 9.97. The maximum absolute atomic E-state index is 12.8. The molecule has 9 nitrogen and oxygen atoms in total. The summed E-state index contributed by atoms with van der Waals surface area (Å²) in [5.74, 6) is 1.82. The van der Waals surface area contributed by atoms with Gasteiger partial charge in [-0.1, -0.05) is 6.92 Å². The second-order valence-electron chi connectivity index (χ2n) is 7.44. The van der Waals surface area contributed by atoms with E-state index in [2.05, 4.69) is 33.2 Å². The van der Waals surface area contributed by atoms with Gasteiger partial charge in [-0.05, 0) is 49.4 Å². The predicted octanol–water partition coefficient (Wildman–Crippen LogP) is 2.81. The van der Waals surface area contributed by atoms with Gasteiger partial charge in [-0.3, -0.25) is 4.79 Å². The highest BCUT2D eigenvalue weighted by molar-refractivity contribution is 5.91. The number of hydrogen-bond donors (Lipinski definition) is 2. The normalized spacial score (nSPS) is 16.4. The molecule has 1 saturated heterocycles. The zero-order chi connectivity index (χ0) is 22.2. The fourth-order valence-corrected chi connectivity index (χ4v) is 4.06. The number of benzene rings is 1. The summed E-state index contributed by atoms with van der Waals surface area (Å²) >= 11 is 0. The van der Waals surface area contributed by atoms with Gasteiger partial charge in [0.25, 0.3) is 6.47 Å². The Morgan fingerprint density at radius 3 is 2.65 bits per heavy atom. The molecule has 1 aromatic heterocycles. The van der Waals surface area contributed by atoms with Gasteiger partial charge in [0.05, 0.1) is 7.11 Å². The predicted molar refractivity (Wildman–Crippen MR) is 118 cm³/mol. The topological polar surface area (TPSA) is 108 Å². The molecule has 0 saturated carbocycles. The molecule has 0 atom stereocenters. The van der Waals surface area contributed by atoms with Gasteiger partial charge in [-0.2, -0.15) is 0 Å². The number of aryl methyl sites for hydroxylation is 1. The molecule has 0 spiro atoms. The van der Waals surface area contributed by atoms with E-state index in [9.17, 15) is 4.79 Å². The zero-order valence-corrected chi connectivity index (χ0v) is 18.0. The molecule has 0 bridgehead atoms. The maximum Gasteiger partial charge on any atom is 0.322 e. The first-order valence-electron chi connectivity index (χ1n) is 10.5. The minimum absolute atomic E-state index is 0.00216. The van der Waals surface area contributed by atoms with Gasteiger partial charge in [0, 0.05) is 43.1 Å². The Morgan fingerprint density at radius 1 is 1.23 bits per heavy atom. The van der Waals surface area contributed by atoms with Crippen LogP contribution in [0.15, 0.2) is 30.6 Å². The van der Waals surface area contributed by atoms with Crippen molar-refractivity contribution in [1.29, 1.82) is 0 Å². The molecule has 2 amide bonds. The van der Waals surface area contributed by atoms with E-state index in [0.29, 0.717) is 0 Å². The largest absolute Gasteiger partial charge is 0.497 e. The van der Waals surface area contributed by atoms with Crippen molar-refractivity contribution in [2.45, 2.75) is 38.6 Å². The van der Waals surface area contributed by atoms with Crippen molar-refractivity contribution in [3.05, 3.63) is 41.9 Å². The molecule has 2 aliphatic heterocycles. The molecule has 1 aromatic carbocycles. The summed E-state index contributed by atoms with van der Waals surface area (Å²) in [4.78, 5) is 34.2. The van der Waals surface area contributed by atoms with Crippen LogP contribution in [0.4, 0.5) is 16.3 Å². The molecule has 2 N–H and O–H groups in total. The number of carbonyl (C=O) groups excluding carboxylic acids is 1. The molecule has 0 unspecified atom stereocenters. The van der Waals surface area contributed by atoms with Crippen LogP contribution in [0, 0.1) is 0 Å². The van der Waals surface area contributed by atoms with Crippen LogP contribution in [0.2, 0.25) is 0 Å². The van der Waals surface area contributed by atoms with Crippen molar-refractivity contribution in [2.75, 3.05) is 37.0 Å². The molecule has 3 heterocycles. The third kappa shape index (κ3) is 5.42. The highest BCUT2D eigenvalue weighted by atomic mass is 16.5. The molecule has 0 aliphatic carbocycles. The van der Waals surface area contributed by atoms with Gasteiger partial charge in [-0.25, -0.2) is 14.8 Å². The van der Waals surface area contributed by atoms with Gasteiger partial charge >= 0.3 is 6.03 Å². The summed E-state index contributed by atoms with van der Waals surface area (Å²) in [6, 6.07) is 8.15. The second kappa shape index (κ2) is 10.6. The lowest BCUT2D eigenvalue weighted by molar-refractivity contribution is -0.122. The summed E-state index contributed by atoms with van der Waals surface area (Å²) in [6.07, 6.45) is 5.27. The van der Waals surface area contributed by atoms with Crippen molar-refractivity contribution in [3.63, 3.8) is 0 Å². The van der Waals surface area contributed by atoms with Crippen LogP contribution in [0.25, 0.3) is 0 Å². The average Bonchev–Trinajstić information content (AvgIpc) is 2.97. The Labute approximate surface area is 182 Å². The summed E-state index contributed by atoms with van der Waals surface area (Å²) in [7, 11) is 1.66. The number of anilines is 2. The van der Waals surface area contributed by atoms with E-state index >= 15 is 0 Å². The average molecular weight is 428 g/mol. The molecule has 1 fully saturated rings. The van der Waals surface area contributed by atoms with Crippen molar-refractivity contribution in [3.8, 4) is 5.75 Å². The molecule has 2 aromatic rings. The Kier molecular flexibility index (Phi) is 7.64. The van der Waals surface area contributed by atoms with Crippen molar-refractivity contribution < 1.29 is 19.4 Å². The number of nitrogens with zero attached hydrogens (tertiary/aromatic N) is 4. The van der Waals surface area contributed by atoms with Crippen molar-refractivity contribution in [1.82, 2.24) is 14.9 Å². The number of amides is 2. The molecule has 31 heavy (non-hydrogen) atoms. The number of rotatable bonds is 4. The summed E-state index contributed by atoms with van der Waals surface area (Å²) in [6.45, 7) is 4.37. The van der Waals surface area contributed by atoms with Gasteiger partial charge in [0.15, 0.2) is 0 Å². The number of carboxylic acid groups (broad SMARTS) is 1. The lowest BCUT2D eigenvalue weighted by atomic mass is 10.0. The monoisotopic (exact) mass is 427 g/mol. The molecule has 0 radical (unpaired) electrons. The lowest BCUT2D eigenvalue weighted by Gasteiger charge is -2.38. The second-order valence-corrected chi connectivity index (χ2v) is 7.44. The van der Waals surface area contributed by atoms with E-state index in [1.54, 1.807) is 13.4 Å². The first kappa shape index (κ1) is 22.3. The highest BCUT2D eigenvalue weighted by Gasteiger charge is 2.30. The van der Waals surface area contributed by atoms with Gasteiger partial charge in [-0.15, -0.1) is 0 Å². The van der Waals surface area contributed by atoms with E-state index in [1.165, 1.54) is 0 Å². The number of ether oxygens (including phenoxy) is 1. The quantitative estimate of drug-likeness (QED) is 0.723. The molecular formula is C22H29N5O4. The molecule has 9 heteroatoms. The number of fused-ring (bicyclic) bond motifs is 1. The van der Waals surface area contributed by atoms with Crippen LogP contribution in [0.1, 0.15) is 31.0 Å². The summed E-state index contributed by atoms with van der Waals surface area (Å²) < 4.78 is 5.32. The SMILES string of the molecule is CCc1cc(N2CCC(N3CCc4cc(OC)ccc4NC3=O)CC2)ncn1.O=CO. The number of urea groups is 1. The standard InChI is InChI=1S/C21H27N5O2.CH2O2/c1-3-16-13-20(23-14-22-16)25-9-7-17(8-10-25)26-11-6-15-12-18(28-2)4-5-19(15)24-21(26)27;2-1-3/h4-5,12-14,17H,3,6-11H2,1-2H3,(H,24,27);1H,(H,2,3). The van der Waals surface area contributed by atoms with E-state index in [0.717, 1.165) is 73.8 Å². The lowest BCUT2D eigenvalue weighted by Crippen LogP contribution is -2.49. The Balaban J connectivity index is 0.000000858. The maximum atomic E-state index is 12.8. The first-order valence-corrected chi connectivity index (χ1v) is 10.5. The highest BCUT2D eigenvalue weighted by Crippen LogP contribution is 2.28. The van der Waals surface area contributed by atoms with Crippen LogP contribution in [0.3, 0.4) is 0 Å². The van der Waals surface area contributed by atoms with Gasteiger partial charge < -0.3 is 25.0 Å². The van der Waals surface area contributed by atoms with Crippen molar-refractivity contribution in [2.24, 2.45) is 0 Å². The Morgan fingerprint density at radius 2 is 1.97 bits per heavy atom. The van der Waals surface area contributed by atoms with Crippen LogP contribution in [0.5, 0.6) is 5.75 Å². The summed E-state index contributed by atoms with van der Waals surface area (Å²) in [5.41, 5.74) is 3.08. The number of nitrogens with one attached hydrogen (secondary N) is 1. The number of hydrogen-bond acceptors (Lipinski definition) is 6. The van der Waals surface area contributed by atoms with E-state index in [4.69, 9.17) is 14.6 Å². The molecular weight excluding hydrogens is 398 g/mol. The van der Waals surface area contributed by atoms with Gasteiger partial charge in [0.2, 0.25) is 0 Å². The zero-order valence-electron chi connectivity index (χ0n) is 18.0.